The quantitative estimate of drug-likeness (QED) is 0.329. The number of ether oxygens (including phenoxy) is 1. The summed E-state index contributed by atoms with van der Waals surface area (Å²) < 4.78 is 5.00. The molecule has 0 fully saturated rings. The summed E-state index contributed by atoms with van der Waals surface area (Å²) in [6.45, 7) is 0. The third kappa shape index (κ3) is 4.08. The molecule has 0 aromatic heterocycles. The monoisotopic (exact) mass is 241 g/mol. The maximum atomic E-state index is 10.5. The first-order valence-electron chi connectivity index (χ1n) is 4.15. The molecule has 76 valence electrons. The Hall–Kier alpha value is -0.644. The number of hydrogen-bond acceptors (Lipinski definition) is 4. The summed E-state index contributed by atoms with van der Waals surface area (Å²) in [5, 5.41) is 19.0. The summed E-state index contributed by atoms with van der Waals surface area (Å²) in [5.41, 5.74) is 0.0975. The number of benzene rings is 1. The van der Waals surface area contributed by atoms with Crippen LogP contribution < -0.4 is 61.2 Å². The van der Waals surface area contributed by atoms with Crippen LogP contribution in [0.4, 0.5) is 0 Å². The van der Waals surface area contributed by atoms with Crippen LogP contribution >= 0.6 is 0 Å². The van der Waals surface area contributed by atoms with Crippen molar-refractivity contribution in [2.24, 2.45) is 0 Å². The van der Waals surface area contributed by atoms with E-state index in [1.165, 1.54) is 13.2 Å². The van der Waals surface area contributed by atoms with Crippen LogP contribution in [-0.2, 0) is 4.79 Å². The third-order valence-corrected chi connectivity index (χ3v) is 1.78. The molecule has 0 radical (unpaired) electrons. The second-order valence-corrected chi connectivity index (χ2v) is 2.70. The van der Waals surface area contributed by atoms with Crippen LogP contribution in [0, 0.1) is 11.3 Å². The first kappa shape index (κ1) is 15.4. The largest absolute Gasteiger partial charge is 1.00 e. The second kappa shape index (κ2) is 7.60. The van der Waals surface area contributed by atoms with Gasteiger partial charge in [-0.1, -0.05) is 18.2 Å². The molecule has 0 spiro atoms. The van der Waals surface area contributed by atoms with Gasteiger partial charge in [-0.15, -0.1) is 0 Å². The Labute approximate surface area is 136 Å². The zero-order valence-electron chi connectivity index (χ0n) is 9.06. The van der Waals surface area contributed by atoms with Crippen LogP contribution in [0.15, 0.2) is 29.8 Å². The van der Waals surface area contributed by atoms with Gasteiger partial charge in [-0.05, 0) is 12.1 Å². The van der Waals surface area contributed by atoms with Crippen LogP contribution in [0.5, 0.6) is 5.75 Å². The maximum absolute atomic E-state index is 10.5. The molecule has 1 rings (SSSR count). The van der Waals surface area contributed by atoms with Crippen LogP contribution in [0.25, 0.3) is 6.08 Å². The van der Waals surface area contributed by atoms with Crippen molar-refractivity contribution in [3.63, 3.8) is 0 Å². The normalized spacial score (nSPS) is 9.88. The van der Waals surface area contributed by atoms with Crippen molar-refractivity contribution < 1.29 is 66.0 Å². The Morgan fingerprint density at radius 1 is 1.50 bits per heavy atom. The number of methoxy groups -OCH3 is 1. The Kier molecular flexibility index (Phi) is 7.29. The Balaban J connectivity index is 0.00000225. The van der Waals surface area contributed by atoms with Gasteiger partial charge in [-0.25, -0.2) is 0 Å². The molecule has 0 saturated carbocycles. The summed E-state index contributed by atoms with van der Waals surface area (Å²) in [6.07, 6.45) is 1.22. The van der Waals surface area contributed by atoms with E-state index in [1.807, 2.05) is 0 Å². The van der Waals surface area contributed by atoms with Gasteiger partial charge >= 0.3 is 51.4 Å². The molecular weight excluding hydrogens is 233 g/mol. The Morgan fingerprint density at radius 3 is 2.62 bits per heavy atom. The van der Waals surface area contributed by atoms with Crippen LogP contribution in [-0.4, -0.2) is 13.1 Å². The van der Waals surface area contributed by atoms with E-state index < -0.39 is 11.5 Å². The van der Waals surface area contributed by atoms with Gasteiger partial charge in [0.15, 0.2) is 0 Å². The van der Waals surface area contributed by atoms with Gasteiger partial charge in [-0.3, -0.25) is 0 Å². The summed E-state index contributed by atoms with van der Waals surface area (Å²) in [7, 11) is 1.47. The van der Waals surface area contributed by atoms with E-state index >= 15 is 0 Å². The van der Waals surface area contributed by atoms with Crippen molar-refractivity contribution in [3.8, 4) is 11.8 Å². The number of aliphatic carboxylic acids is 1. The number of rotatable bonds is 3. The average molecular weight is 241 g/mol. The number of carbonyl (C=O) groups excluding carboxylic acids is 1. The van der Waals surface area contributed by atoms with Gasteiger partial charge < -0.3 is 14.6 Å². The van der Waals surface area contributed by atoms with Crippen LogP contribution in [0.1, 0.15) is 5.56 Å². The zero-order chi connectivity index (χ0) is 11.3. The summed E-state index contributed by atoms with van der Waals surface area (Å²) in [4.78, 5) is 10.5. The molecule has 0 atom stereocenters. The second-order valence-electron chi connectivity index (χ2n) is 2.70. The van der Waals surface area contributed by atoms with Crippen molar-refractivity contribution >= 4 is 12.0 Å². The van der Waals surface area contributed by atoms with Crippen molar-refractivity contribution in [2.45, 2.75) is 0 Å². The van der Waals surface area contributed by atoms with E-state index in [4.69, 9.17) is 10.00 Å². The van der Waals surface area contributed by atoms with Crippen molar-refractivity contribution in [2.75, 3.05) is 7.11 Å². The molecule has 0 aliphatic heterocycles. The van der Waals surface area contributed by atoms with E-state index in [0.717, 1.165) is 0 Å². The molecule has 0 amide bonds. The molecule has 5 heteroatoms. The van der Waals surface area contributed by atoms with Gasteiger partial charge in [0.05, 0.1) is 18.7 Å². The molecule has 0 heterocycles. The van der Waals surface area contributed by atoms with Gasteiger partial charge in [0.1, 0.15) is 11.8 Å². The van der Waals surface area contributed by atoms with E-state index in [9.17, 15) is 9.90 Å². The SMILES string of the molecule is COc1ccccc1/C=C(\C#N)C(=O)[O-].[K+]. The molecule has 0 N–H and O–H groups in total. The van der Waals surface area contributed by atoms with Gasteiger partial charge in [0.2, 0.25) is 0 Å². The van der Waals surface area contributed by atoms with E-state index in [-0.39, 0.29) is 51.4 Å². The summed E-state index contributed by atoms with van der Waals surface area (Å²) >= 11 is 0. The molecule has 0 aliphatic carbocycles. The molecule has 16 heavy (non-hydrogen) atoms. The number of para-hydroxylation sites is 1. The average Bonchev–Trinajstić information content (AvgIpc) is 2.25. The standard InChI is InChI=1S/C11H9NO3.K/c1-15-10-5-3-2-4-8(10)6-9(7-12)11(13)14;/h2-6H,1H3,(H,13,14);/q;+1/p-1/b9-6+;. The van der Waals surface area contributed by atoms with Gasteiger partial charge in [0.25, 0.3) is 0 Å². The number of carboxylic acids is 1. The minimum Gasteiger partial charge on any atom is -0.544 e. The number of nitrogens with zero attached hydrogens (tertiary/aromatic N) is 1. The van der Waals surface area contributed by atoms with E-state index in [0.29, 0.717) is 11.3 Å². The fourth-order valence-corrected chi connectivity index (χ4v) is 1.08. The fourth-order valence-electron chi connectivity index (χ4n) is 1.08. The molecule has 4 nitrogen and oxygen atoms in total. The number of carbonyl (C=O) groups is 1. The molecule has 1 aromatic rings. The Bertz CT molecular complexity index is 449. The predicted octanol–water partition coefficient (Wildman–Crippen LogP) is -2.64. The third-order valence-electron chi connectivity index (χ3n) is 1.78. The number of hydrogen-bond donors (Lipinski definition) is 0. The predicted molar refractivity (Wildman–Crippen MR) is 51.6 cm³/mol. The zero-order valence-corrected chi connectivity index (χ0v) is 12.2. The molecule has 1 aromatic carbocycles. The number of carboxylic acid groups (broad SMARTS) is 1. The first-order chi connectivity index (χ1) is 7.19. The fraction of sp³-hybridized carbons (Fsp3) is 0.0909. The van der Waals surface area contributed by atoms with Crippen molar-refractivity contribution in [1.29, 1.82) is 5.26 Å². The van der Waals surface area contributed by atoms with Crippen molar-refractivity contribution in [3.05, 3.63) is 35.4 Å². The molecule has 0 unspecified atom stereocenters. The molecule has 0 saturated heterocycles. The Morgan fingerprint density at radius 2 is 2.12 bits per heavy atom. The molecule has 0 bridgehead atoms. The summed E-state index contributed by atoms with van der Waals surface area (Å²) in [6, 6.07) is 8.35. The molecular formula is C11H8KNO3. The van der Waals surface area contributed by atoms with E-state index in [2.05, 4.69) is 0 Å². The minimum absolute atomic E-state index is 0. The number of nitriles is 1. The topological polar surface area (TPSA) is 73.1 Å². The molecule has 0 aliphatic rings. The van der Waals surface area contributed by atoms with Crippen LogP contribution in [0.2, 0.25) is 0 Å². The first-order valence-corrected chi connectivity index (χ1v) is 4.15. The van der Waals surface area contributed by atoms with Gasteiger partial charge in [-0.2, -0.15) is 5.26 Å². The maximum Gasteiger partial charge on any atom is 1.00 e. The minimum atomic E-state index is -1.50. The van der Waals surface area contributed by atoms with Gasteiger partial charge in [0, 0.05) is 5.56 Å². The van der Waals surface area contributed by atoms with Crippen LogP contribution in [0.3, 0.4) is 0 Å². The smallest absolute Gasteiger partial charge is 0.544 e. The van der Waals surface area contributed by atoms with E-state index in [1.54, 1.807) is 30.3 Å². The summed E-state index contributed by atoms with van der Waals surface area (Å²) in [5.74, 6) is -0.991. The van der Waals surface area contributed by atoms with Crippen molar-refractivity contribution in [1.82, 2.24) is 0 Å².